The summed E-state index contributed by atoms with van der Waals surface area (Å²) in [6, 6.07) is 0. The Kier molecular flexibility index (Phi) is 6.92. The van der Waals surface area contributed by atoms with Crippen LogP contribution < -0.4 is 0 Å². The topological polar surface area (TPSA) is 67.7 Å². The molecule has 6 heteroatoms. The third-order valence-electron chi connectivity index (χ3n) is 8.87. The van der Waals surface area contributed by atoms with Gasteiger partial charge >= 0.3 is 0 Å². The van der Waals surface area contributed by atoms with Crippen molar-refractivity contribution in [2.45, 2.75) is 95.4 Å². The molecule has 2 atom stereocenters. The number of hydrogen-bond donors (Lipinski definition) is 1. The summed E-state index contributed by atoms with van der Waals surface area (Å²) in [5.74, 6) is 2.39. The molecule has 2 heterocycles. The van der Waals surface area contributed by atoms with E-state index in [-0.39, 0.29) is 5.91 Å². The maximum Gasteiger partial charge on any atom is 0.254 e. The molecule has 0 aromatic rings. The highest BCUT2D eigenvalue weighted by Crippen LogP contribution is 2.41. The van der Waals surface area contributed by atoms with Crippen molar-refractivity contribution in [3.63, 3.8) is 0 Å². The Balaban J connectivity index is 1.40. The van der Waals surface area contributed by atoms with E-state index in [9.17, 15) is 9.59 Å². The van der Waals surface area contributed by atoms with Crippen molar-refractivity contribution in [1.29, 1.82) is 5.41 Å². The number of likely N-dealkylation sites (N-methyl/N-ethyl adjacent to an activating group) is 2. The van der Waals surface area contributed by atoms with Crippen LogP contribution in [0.2, 0.25) is 0 Å². The van der Waals surface area contributed by atoms with Gasteiger partial charge in [0.1, 0.15) is 5.54 Å². The molecule has 31 heavy (non-hydrogen) atoms. The highest BCUT2D eigenvalue weighted by atomic mass is 16.2. The lowest BCUT2D eigenvalue weighted by molar-refractivity contribution is -0.133. The van der Waals surface area contributed by atoms with Gasteiger partial charge in [0.2, 0.25) is 11.9 Å². The Morgan fingerprint density at radius 2 is 1.61 bits per heavy atom. The van der Waals surface area contributed by atoms with Crippen LogP contribution >= 0.6 is 0 Å². The molecular formula is C25H42N4O2. The molecule has 1 unspecified atom stereocenters. The Morgan fingerprint density at radius 3 is 2.26 bits per heavy atom. The molecule has 6 nitrogen and oxygen atoms in total. The van der Waals surface area contributed by atoms with Crippen molar-refractivity contribution in [1.82, 2.24) is 14.7 Å². The fourth-order valence-corrected chi connectivity index (χ4v) is 6.79. The predicted molar refractivity (Wildman–Crippen MR) is 123 cm³/mol. The third-order valence-corrected chi connectivity index (χ3v) is 8.87. The average Bonchev–Trinajstić information content (AvgIpc) is 3.50. The second-order valence-corrected chi connectivity index (χ2v) is 10.9. The van der Waals surface area contributed by atoms with Gasteiger partial charge < -0.3 is 9.80 Å². The first-order chi connectivity index (χ1) is 14.9. The minimum Gasteiger partial charge on any atom is -0.342 e. The van der Waals surface area contributed by atoms with Crippen molar-refractivity contribution >= 4 is 17.8 Å². The van der Waals surface area contributed by atoms with Gasteiger partial charge in [-0.1, -0.05) is 44.9 Å². The van der Waals surface area contributed by atoms with E-state index in [4.69, 9.17) is 5.41 Å². The molecule has 174 valence electrons. The lowest BCUT2D eigenvalue weighted by atomic mass is 9.77. The fourth-order valence-electron chi connectivity index (χ4n) is 6.79. The maximum atomic E-state index is 13.4. The number of rotatable bonds is 7. The third kappa shape index (κ3) is 4.63. The number of nitrogens with zero attached hydrogens (tertiary/aromatic N) is 3. The SMILES string of the molecule is CN1C(=N)N(C)[C@@](CCC2CCCCC2)(CC2CCN(C(=O)CC3CCCC3)C2)C1=O. The van der Waals surface area contributed by atoms with E-state index >= 15 is 0 Å². The van der Waals surface area contributed by atoms with E-state index in [1.807, 2.05) is 11.9 Å². The summed E-state index contributed by atoms with van der Waals surface area (Å²) in [5, 5.41) is 8.44. The molecule has 2 amide bonds. The van der Waals surface area contributed by atoms with Gasteiger partial charge in [0, 0.05) is 33.6 Å². The van der Waals surface area contributed by atoms with Crippen LogP contribution in [0.5, 0.6) is 0 Å². The van der Waals surface area contributed by atoms with Gasteiger partial charge in [-0.3, -0.25) is 19.9 Å². The van der Waals surface area contributed by atoms with Crippen LogP contribution in [0.3, 0.4) is 0 Å². The van der Waals surface area contributed by atoms with E-state index in [2.05, 4.69) is 4.90 Å². The monoisotopic (exact) mass is 430 g/mol. The van der Waals surface area contributed by atoms with Crippen molar-refractivity contribution in [2.75, 3.05) is 27.2 Å². The minimum atomic E-state index is -0.599. The fraction of sp³-hybridized carbons (Fsp3) is 0.880. The van der Waals surface area contributed by atoms with Crippen LogP contribution in [0.15, 0.2) is 0 Å². The molecule has 4 fully saturated rings. The van der Waals surface area contributed by atoms with Crippen molar-refractivity contribution < 1.29 is 9.59 Å². The predicted octanol–water partition coefficient (Wildman–Crippen LogP) is 4.24. The van der Waals surface area contributed by atoms with Crippen LogP contribution in [0.1, 0.15) is 89.9 Å². The van der Waals surface area contributed by atoms with Crippen molar-refractivity contribution in [2.24, 2.45) is 17.8 Å². The molecule has 0 radical (unpaired) electrons. The van der Waals surface area contributed by atoms with Crippen LogP contribution in [0.4, 0.5) is 0 Å². The van der Waals surface area contributed by atoms with Crippen LogP contribution in [0, 0.1) is 23.2 Å². The Labute approximate surface area is 188 Å². The van der Waals surface area contributed by atoms with Crippen molar-refractivity contribution in [3.05, 3.63) is 0 Å². The molecule has 2 saturated heterocycles. The van der Waals surface area contributed by atoms with Gasteiger partial charge in [0.05, 0.1) is 0 Å². The summed E-state index contributed by atoms with van der Waals surface area (Å²) < 4.78 is 0. The Bertz CT molecular complexity index is 683. The standard InChI is InChI=1S/C25H42N4O2/c1-27-23(31)25(28(2)24(27)26,14-12-19-8-4-3-5-9-19)17-21-13-15-29(18-21)22(30)16-20-10-6-7-11-20/h19-21,26H,3-18H2,1-2H3/t21?,25-/m0/s1. The molecule has 4 rings (SSSR count). The number of amides is 2. The number of nitrogens with one attached hydrogen (secondary N) is 1. The van der Waals surface area contributed by atoms with E-state index < -0.39 is 5.54 Å². The molecule has 4 aliphatic rings. The zero-order chi connectivity index (χ0) is 22.0. The normalized spacial score (nSPS) is 30.8. The maximum absolute atomic E-state index is 13.4. The van der Waals surface area contributed by atoms with Gasteiger partial charge in [-0.2, -0.15) is 0 Å². The van der Waals surface area contributed by atoms with E-state index in [0.29, 0.717) is 30.1 Å². The number of carbonyl (C=O) groups excluding carboxylic acids is 2. The molecule has 2 aliphatic carbocycles. The van der Waals surface area contributed by atoms with E-state index in [1.165, 1.54) is 57.8 Å². The Morgan fingerprint density at radius 1 is 0.968 bits per heavy atom. The van der Waals surface area contributed by atoms with Crippen LogP contribution in [-0.4, -0.2) is 65.2 Å². The zero-order valence-electron chi connectivity index (χ0n) is 19.7. The quantitative estimate of drug-likeness (QED) is 0.657. The first-order valence-corrected chi connectivity index (χ1v) is 12.8. The van der Waals surface area contributed by atoms with Crippen LogP contribution in [-0.2, 0) is 9.59 Å². The number of carbonyl (C=O) groups is 2. The van der Waals surface area contributed by atoms with Gasteiger partial charge in [-0.05, 0) is 56.3 Å². The molecule has 1 N–H and O–H groups in total. The molecule has 2 saturated carbocycles. The summed E-state index contributed by atoms with van der Waals surface area (Å²) >= 11 is 0. The smallest absolute Gasteiger partial charge is 0.254 e. The number of likely N-dealkylation sites (tertiary alicyclic amines) is 1. The molecule has 0 aromatic carbocycles. The van der Waals surface area contributed by atoms with E-state index in [0.717, 1.165) is 44.7 Å². The summed E-state index contributed by atoms with van der Waals surface area (Å²) in [6.45, 7) is 1.62. The second-order valence-electron chi connectivity index (χ2n) is 10.9. The zero-order valence-corrected chi connectivity index (χ0v) is 19.7. The minimum absolute atomic E-state index is 0.0894. The number of hydrogen-bond acceptors (Lipinski definition) is 3. The molecule has 0 bridgehead atoms. The summed E-state index contributed by atoms with van der Waals surface area (Å²) in [5.41, 5.74) is -0.599. The second kappa shape index (κ2) is 9.50. The molecular weight excluding hydrogens is 388 g/mol. The van der Waals surface area contributed by atoms with Crippen molar-refractivity contribution in [3.8, 4) is 0 Å². The Hall–Kier alpha value is -1.59. The highest BCUT2D eigenvalue weighted by molar-refractivity contribution is 6.07. The lowest BCUT2D eigenvalue weighted by Crippen LogP contribution is -2.50. The first-order valence-electron chi connectivity index (χ1n) is 12.8. The van der Waals surface area contributed by atoms with Gasteiger partial charge in [-0.15, -0.1) is 0 Å². The lowest BCUT2D eigenvalue weighted by Gasteiger charge is -2.37. The molecule has 2 aliphatic heterocycles. The van der Waals surface area contributed by atoms with Crippen LogP contribution in [0.25, 0.3) is 0 Å². The molecule has 0 aromatic heterocycles. The first kappa shape index (κ1) is 22.6. The largest absolute Gasteiger partial charge is 0.342 e. The summed E-state index contributed by atoms with van der Waals surface area (Å²) in [6.07, 6.45) is 15.9. The van der Waals surface area contributed by atoms with Gasteiger partial charge in [0.25, 0.3) is 5.91 Å². The molecule has 0 spiro atoms. The average molecular weight is 431 g/mol. The highest BCUT2D eigenvalue weighted by Gasteiger charge is 2.53. The van der Waals surface area contributed by atoms with Gasteiger partial charge in [-0.25, -0.2) is 0 Å². The summed E-state index contributed by atoms with van der Waals surface area (Å²) in [7, 11) is 3.68. The number of guanidine groups is 1. The van der Waals surface area contributed by atoms with E-state index in [1.54, 1.807) is 11.9 Å². The summed E-state index contributed by atoms with van der Waals surface area (Å²) in [4.78, 5) is 31.8. The van der Waals surface area contributed by atoms with Gasteiger partial charge in [0.15, 0.2) is 0 Å².